The summed E-state index contributed by atoms with van der Waals surface area (Å²) >= 11 is 1.71. The van der Waals surface area contributed by atoms with E-state index in [1.165, 1.54) is 16.7 Å². The molecule has 2 atom stereocenters. The lowest BCUT2D eigenvalue weighted by Crippen LogP contribution is -2.47. The van der Waals surface area contributed by atoms with Gasteiger partial charge in [0, 0.05) is 23.9 Å². The number of nitrogens with one attached hydrogen (secondary N) is 2. The Balaban J connectivity index is 0.00000115. The summed E-state index contributed by atoms with van der Waals surface area (Å²) in [6.45, 7) is 12.8. The Bertz CT molecular complexity index is 948. The third kappa shape index (κ3) is 8.20. The number of carbonyl (C=O) groups is 1. The fourth-order valence-electron chi connectivity index (χ4n) is 4.98. The third-order valence-electron chi connectivity index (χ3n) is 6.73. The van der Waals surface area contributed by atoms with Gasteiger partial charge in [-0.2, -0.15) is 9.78 Å². The van der Waals surface area contributed by atoms with Crippen LogP contribution in [0.3, 0.4) is 0 Å². The molecule has 1 aromatic carbocycles. The van der Waals surface area contributed by atoms with Crippen molar-refractivity contribution in [1.29, 1.82) is 0 Å². The molecule has 36 heavy (non-hydrogen) atoms. The maximum Gasteiger partial charge on any atom is 0.435 e. The van der Waals surface area contributed by atoms with Crippen molar-refractivity contribution < 1.29 is 14.3 Å². The summed E-state index contributed by atoms with van der Waals surface area (Å²) < 4.78 is 16.7. The number of rotatable bonds is 6. The van der Waals surface area contributed by atoms with Crippen LogP contribution >= 0.6 is 11.9 Å². The topological polar surface area (TPSA) is 77.4 Å². The van der Waals surface area contributed by atoms with Gasteiger partial charge in [-0.25, -0.2) is 4.79 Å². The first kappa shape index (κ1) is 29.0. The number of fused-ring (bicyclic) bond motifs is 1. The highest BCUT2D eigenvalue weighted by molar-refractivity contribution is 7.96. The standard InChI is InChI=1S/C25H38N4O3S.C3H8/c1-25(2,3)32-24(30)29-23-10-7-18(13-19(23)15-27-29)17-5-8-21(9-6-17)31-16-20-14-26-12-11-22(20)28-33-4;1-3-2/h7,10,13,15,17,20-22,26,28H,5-6,8-9,11-12,14,16H2,1-4H3;3H2,1-2H3. The summed E-state index contributed by atoms with van der Waals surface area (Å²) in [6, 6.07) is 6.86. The average Bonchev–Trinajstić information content (AvgIpc) is 3.27. The van der Waals surface area contributed by atoms with Crippen LogP contribution in [0.25, 0.3) is 10.9 Å². The van der Waals surface area contributed by atoms with Gasteiger partial charge in [0.1, 0.15) is 5.60 Å². The Hall–Kier alpha value is -1.61. The van der Waals surface area contributed by atoms with Crippen molar-refractivity contribution in [2.75, 3.05) is 26.0 Å². The van der Waals surface area contributed by atoms with Gasteiger partial charge in [0.25, 0.3) is 0 Å². The van der Waals surface area contributed by atoms with Crippen LogP contribution < -0.4 is 10.0 Å². The molecule has 7 nitrogen and oxygen atoms in total. The molecule has 2 unspecified atom stereocenters. The SMILES string of the molecule is CCC.CSNC1CCNCC1COC1CCC(c2ccc3c(cnn3C(=O)OC(C)(C)C)c2)CC1. The zero-order valence-electron chi connectivity index (χ0n) is 23.0. The summed E-state index contributed by atoms with van der Waals surface area (Å²) in [5.74, 6) is 1.06. The molecule has 2 fully saturated rings. The van der Waals surface area contributed by atoms with Crippen LogP contribution in [0.2, 0.25) is 0 Å². The van der Waals surface area contributed by atoms with Crippen LogP contribution in [-0.4, -0.2) is 59.6 Å². The predicted octanol–water partition coefficient (Wildman–Crippen LogP) is 6.12. The molecule has 4 rings (SSSR count). The number of piperidine rings is 1. The molecule has 1 saturated heterocycles. The second-order valence-electron chi connectivity index (χ2n) is 11.1. The Labute approximate surface area is 221 Å². The fourth-order valence-corrected chi connectivity index (χ4v) is 5.60. The van der Waals surface area contributed by atoms with Gasteiger partial charge in [0.05, 0.1) is 24.4 Å². The monoisotopic (exact) mass is 518 g/mol. The molecule has 0 amide bonds. The van der Waals surface area contributed by atoms with Crippen molar-refractivity contribution in [2.45, 2.75) is 96.8 Å². The second-order valence-corrected chi connectivity index (χ2v) is 11.7. The first-order chi connectivity index (χ1) is 17.3. The number of aromatic nitrogens is 2. The summed E-state index contributed by atoms with van der Waals surface area (Å²) in [7, 11) is 0. The van der Waals surface area contributed by atoms with Gasteiger partial charge in [-0.1, -0.05) is 38.3 Å². The molecule has 0 spiro atoms. The molecule has 1 saturated carbocycles. The van der Waals surface area contributed by atoms with Gasteiger partial charge >= 0.3 is 6.09 Å². The lowest BCUT2D eigenvalue weighted by atomic mass is 9.82. The maximum absolute atomic E-state index is 12.4. The van der Waals surface area contributed by atoms with Gasteiger partial charge in [-0.3, -0.25) is 4.72 Å². The van der Waals surface area contributed by atoms with Crippen LogP contribution in [0.4, 0.5) is 4.79 Å². The zero-order valence-corrected chi connectivity index (χ0v) is 23.8. The highest BCUT2D eigenvalue weighted by atomic mass is 32.2. The van der Waals surface area contributed by atoms with E-state index in [1.54, 1.807) is 18.1 Å². The maximum atomic E-state index is 12.4. The van der Waals surface area contributed by atoms with Gasteiger partial charge in [0.15, 0.2) is 0 Å². The molecule has 2 N–H and O–H groups in total. The number of benzene rings is 1. The van der Waals surface area contributed by atoms with Crippen LogP contribution in [0.15, 0.2) is 24.4 Å². The Morgan fingerprint density at radius 3 is 2.58 bits per heavy atom. The number of carbonyl (C=O) groups excluding carboxylic acids is 1. The van der Waals surface area contributed by atoms with Crippen molar-refractivity contribution >= 4 is 28.9 Å². The summed E-state index contributed by atoms with van der Waals surface area (Å²) in [5, 5.41) is 8.77. The molecular weight excluding hydrogens is 472 g/mol. The molecule has 0 bridgehead atoms. The fraction of sp³-hybridized carbons (Fsp3) is 0.714. The highest BCUT2D eigenvalue weighted by Gasteiger charge is 2.28. The molecule has 8 heteroatoms. The van der Waals surface area contributed by atoms with E-state index in [0.29, 0.717) is 24.0 Å². The molecule has 202 valence electrons. The van der Waals surface area contributed by atoms with Crippen LogP contribution in [0.5, 0.6) is 0 Å². The molecule has 2 aliphatic rings. The molecular formula is C28H46N4O3S. The van der Waals surface area contributed by atoms with E-state index in [4.69, 9.17) is 9.47 Å². The van der Waals surface area contributed by atoms with Crippen LogP contribution in [0.1, 0.15) is 84.6 Å². The first-order valence-corrected chi connectivity index (χ1v) is 14.8. The van der Waals surface area contributed by atoms with E-state index in [0.717, 1.165) is 62.7 Å². The van der Waals surface area contributed by atoms with E-state index in [-0.39, 0.29) is 0 Å². The predicted molar refractivity (Wildman–Crippen MR) is 150 cm³/mol. The van der Waals surface area contributed by atoms with Gasteiger partial charge in [-0.05, 0) is 89.3 Å². The molecule has 2 heterocycles. The number of hydrogen-bond donors (Lipinski definition) is 2. The minimum absolute atomic E-state index is 0.358. The molecule has 2 aromatic rings. The highest BCUT2D eigenvalue weighted by Crippen LogP contribution is 2.35. The molecule has 1 aliphatic carbocycles. The van der Waals surface area contributed by atoms with Crippen molar-refractivity contribution in [3.63, 3.8) is 0 Å². The summed E-state index contributed by atoms with van der Waals surface area (Å²) in [6.07, 6.45) is 10.6. The average molecular weight is 519 g/mol. The quantitative estimate of drug-likeness (QED) is 0.446. The normalized spacial score (nSPS) is 24.7. The Morgan fingerprint density at radius 1 is 1.19 bits per heavy atom. The minimum atomic E-state index is -0.546. The van der Waals surface area contributed by atoms with Gasteiger partial charge < -0.3 is 14.8 Å². The van der Waals surface area contributed by atoms with E-state index in [1.807, 2.05) is 26.8 Å². The first-order valence-electron chi connectivity index (χ1n) is 13.6. The zero-order chi connectivity index (χ0) is 26.1. The Kier molecular flexibility index (Phi) is 11.1. The molecule has 1 aromatic heterocycles. The van der Waals surface area contributed by atoms with E-state index in [2.05, 4.69) is 47.4 Å². The van der Waals surface area contributed by atoms with Gasteiger partial charge in [-0.15, -0.1) is 0 Å². The number of ether oxygens (including phenoxy) is 2. The van der Waals surface area contributed by atoms with E-state index in [9.17, 15) is 4.79 Å². The lowest BCUT2D eigenvalue weighted by Gasteiger charge is -2.34. The van der Waals surface area contributed by atoms with Crippen molar-refractivity contribution in [1.82, 2.24) is 19.8 Å². The van der Waals surface area contributed by atoms with Crippen molar-refractivity contribution in [3.8, 4) is 0 Å². The number of nitrogens with zero attached hydrogens (tertiary/aromatic N) is 2. The number of hydrogen-bond acceptors (Lipinski definition) is 7. The largest absolute Gasteiger partial charge is 0.442 e. The van der Waals surface area contributed by atoms with Crippen LogP contribution in [0, 0.1) is 5.92 Å². The van der Waals surface area contributed by atoms with Gasteiger partial charge in [0.2, 0.25) is 0 Å². The molecule has 0 radical (unpaired) electrons. The minimum Gasteiger partial charge on any atom is -0.442 e. The second kappa shape index (κ2) is 13.8. The molecule has 1 aliphatic heterocycles. The summed E-state index contributed by atoms with van der Waals surface area (Å²) in [4.78, 5) is 12.4. The smallest absolute Gasteiger partial charge is 0.435 e. The summed E-state index contributed by atoms with van der Waals surface area (Å²) in [5.41, 5.74) is 1.57. The van der Waals surface area contributed by atoms with Crippen LogP contribution in [-0.2, 0) is 9.47 Å². The third-order valence-corrected chi connectivity index (χ3v) is 7.27. The Morgan fingerprint density at radius 2 is 1.92 bits per heavy atom. The van der Waals surface area contributed by atoms with E-state index >= 15 is 0 Å². The van der Waals surface area contributed by atoms with Crippen molar-refractivity contribution in [2.24, 2.45) is 5.92 Å². The van der Waals surface area contributed by atoms with Crippen molar-refractivity contribution in [3.05, 3.63) is 30.0 Å². The van der Waals surface area contributed by atoms with E-state index < -0.39 is 11.7 Å². The lowest BCUT2D eigenvalue weighted by molar-refractivity contribution is -0.00385.